The number of benzene rings is 1. The van der Waals surface area contributed by atoms with Crippen molar-refractivity contribution >= 4 is 0 Å². The van der Waals surface area contributed by atoms with Crippen molar-refractivity contribution in [1.29, 1.82) is 0 Å². The lowest BCUT2D eigenvalue weighted by Gasteiger charge is -2.27. The van der Waals surface area contributed by atoms with Crippen LogP contribution in [0.3, 0.4) is 0 Å². The Bertz CT molecular complexity index is 369. The Kier molecular flexibility index (Phi) is 5.71. The van der Waals surface area contributed by atoms with Crippen molar-refractivity contribution in [3.05, 3.63) is 29.8 Å². The molecule has 1 saturated carbocycles. The number of rotatable bonds is 5. The van der Waals surface area contributed by atoms with Gasteiger partial charge in [-0.15, -0.1) is 0 Å². The van der Waals surface area contributed by atoms with Gasteiger partial charge in [0.05, 0.1) is 7.11 Å². The van der Waals surface area contributed by atoms with Crippen molar-refractivity contribution in [1.82, 2.24) is 5.32 Å². The fraction of sp³-hybridized carbons (Fsp3) is 0.647. The third-order valence-electron chi connectivity index (χ3n) is 4.25. The van der Waals surface area contributed by atoms with Gasteiger partial charge in [0.25, 0.3) is 0 Å². The minimum Gasteiger partial charge on any atom is -0.497 e. The molecule has 2 heteroatoms. The molecule has 1 aromatic carbocycles. The Morgan fingerprint density at radius 1 is 1.21 bits per heavy atom. The van der Waals surface area contributed by atoms with Crippen LogP contribution in [0.2, 0.25) is 0 Å². The number of hydrogen-bond donors (Lipinski definition) is 1. The third kappa shape index (κ3) is 3.97. The number of ether oxygens (including phenoxy) is 1. The molecular weight excluding hydrogens is 234 g/mol. The summed E-state index contributed by atoms with van der Waals surface area (Å²) in [4.78, 5) is 0. The second-order valence-corrected chi connectivity index (χ2v) is 5.56. The molecule has 2 nitrogen and oxygen atoms in total. The molecule has 1 N–H and O–H groups in total. The summed E-state index contributed by atoms with van der Waals surface area (Å²) in [5.41, 5.74) is 1.38. The molecule has 0 saturated heterocycles. The first-order valence-electron chi connectivity index (χ1n) is 7.72. The first-order valence-corrected chi connectivity index (χ1v) is 7.72. The lowest BCUT2D eigenvalue weighted by atomic mass is 9.87. The van der Waals surface area contributed by atoms with E-state index in [1.807, 2.05) is 6.07 Å². The molecule has 0 heterocycles. The lowest BCUT2D eigenvalue weighted by molar-refractivity contribution is 0.328. The van der Waals surface area contributed by atoms with Gasteiger partial charge in [0.2, 0.25) is 0 Å². The van der Waals surface area contributed by atoms with E-state index >= 15 is 0 Å². The fourth-order valence-corrected chi connectivity index (χ4v) is 3.26. The summed E-state index contributed by atoms with van der Waals surface area (Å²) < 4.78 is 5.37. The molecule has 106 valence electrons. The zero-order chi connectivity index (χ0) is 13.5. The maximum atomic E-state index is 5.37. The SMILES string of the molecule is CCNC(c1cccc(OC)c1)C1CCCCCC1. The van der Waals surface area contributed by atoms with E-state index < -0.39 is 0 Å². The van der Waals surface area contributed by atoms with Gasteiger partial charge in [-0.1, -0.05) is 44.7 Å². The van der Waals surface area contributed by atoms with Crippen molar-refractivity contribution in [2.75, 3.05) is 13.7 Å². The van der Waals surface area contributed by atoms with Gasteiger partial charge in [0.1, 0.15) is 5.75 Å². The van der Waals surface area contributed by atoms with Crippen LogP contribution in [0.4, 0.5) is 0 Å². The van der Waals surface area contributed by atoms with Crippen molar-refractivity contribution in [3.8, 4) is 5.75 Å². The van der Waals surface area contributed by atoms with E-state index in [0.717, 1.165) is 18.2 Å². The molecule has 2 rings (SSSR count). The average Bonchev–Trinajstić information content (AvgIpc) is 2.74. The highest BCUT2D eigenvalue weighted by Crippen LogP contribution is 2.34. The van der Waals surface area contributed by atoms with E-state index in [9.17, 15) is 0 Å². The van der Waals surface area contributed by atoms with E-state index in [4.69, 9.17) is 4.74 Å². The standard InChI is InChI=1S/C17H27NO/c1-3-18-17(14-9-6-4-5-7-10-14)15-11-8-12-16(13-15)19-2/h8,11-14,17-18H,3-7,9-10H2,1-2H3. The van der Waals surface area contributed by atoms with Crippen LogP contribution in [0, 0.1) is 5.92 Å². The van der Waals surface area contributed by atoms with Gasteiger partial charge in [0, 0.05) is 6.04 Å². The summed E-state index contributed by atoms with van der Waals surface area (Å²) in [6, 6.07) is 9.05. The Labute approximate surface area is 117 Å². The third-order valence-corrected chi connectivity index (χ3v) is 4.25. The Balaban J connectivity index is 2.17. The molecule has 1 aliphatic carbocycles. The second kappa shape index (κ2) is 7.54. The zero-order valence-corrected chi connectivity index (χ0v) is 12.3. The van der Waals surface area contributed by atoms with Gasteiger partial charge in [0.15, 0.2) is 0 Å². The van der Waals surface area contributed by atoms with E-state index in [1.165, 1.54) is 44.1 Å². The smallest absolute Gasteiger partial charge is 0.119 e. The highest BCUT2D eigenvalue weighted by Gasteiger charge is 2.23. The highest BCUT2D eigenvalue weighted by atomic mass is 16.5. The summed E-state index contributed by atoms with van der Waals surface area (Å²) in [5, 5.41) is 3.69. The molecule has 0 aliphatic heterocycles. The topological polar surface area (TPSA) is 21.3 Å². The van der Waals surface area contributed by atoms with Crippen LogP contribution in [0.15, 0.2) is 24.3 Å². The van der Waals surface area contributed by atoms with Gasteiger partial charge in [-0.3, -0.25) is 0 Å². The Morgan fingerprint density at radius 3 is 2.58 bits per heavy atom. The predicted octanol–water partition coefficient (Wildman–Crippen LogP) is 4.32. The van der Waals surface area contributed by atoms with E-state index in [-0.39, 0.29) is 0 Å². The summed E-state index contributed by atoms with van der Waals surface area (Å²) in [7, 11) is 1.74. The molecule has 0 amide bonds. The number of nitrogens with one attached hydrogen (secondary N) is 1. The van der Waals surface area contributed by atoms with Gasteiger partial charge >= 0.3 is 0 Å². The molecule has 19 heavy (non-hydrogen) atoms. The molecular formula is C17H27NO. The van der Waals surface area contributed by atoms with Gasteiger partial charge in [-0.25, -0.2) is 0 Å². The largest absolute Gasteiger partial charge is 0.497 e. The highest BCUT2D eigenvalue weighted by molar-refractivity contribution is 5.31. The van der Waals surface area contributed by atoms with Gasteiger partial charge < -0.3 is 10.1 Å². The van der Waals surface area contributed by atoms with Crippen LogP contribution in [0.1, 0.15) is 57.1 Å². The molecule has 0 bridgehead atoms. The summed E-state index contributed by atoms with van der Waals surface area (Å²) in [6.07, 6.45) is 8.30. The molecule has 1 unspecified atom stereocenters. The maximum Gasteiger partial charge on any atom is 0.119 e. The Hall–Kier alpha value is -1.02. The van der Waals surface area contributed by atoms with Crippen LogP contribution >= 0.6 is 0 Å². The van der Waals surface area contributed by atoms with Crippen LogP contribution in [-0.4, -0.2) is 13.7 Å². The minimum absolute atomic E-state index is 0.484. The molecule has 0 spiro atoms. The van der Waals surface area contributed by atoms with Crippen molar-refractivity contribution in [2.45, 2.75) is 51.5 Å². The number of methoxy groups -OCH3 is 1. The van der Waals surface area contributed by atoms with Crippen LogP contribution < -0.4 is 10.1 Å². The van der Waals surface area contributed by atoms with Gasteiger partial charge in [-0.05, 0) is 43.0 Å². The van der Waals surface area contributed by atoms with E-state index in [0.29, 0.717) is 6.04 Å². The average molecular weight is 261 g/mol. The molecule has 1 aromatic rings. The fourth-order valence-electron chi connectivity index (χ4n) is 3.26. The molecule has 1 atom stereocenters. The molecule has 0 aromatic heterocycles. The Morgan fingerprint density at radius 2 is 1.95 bits per heavy atom. The number of hydrogen-bond acceptors (Lipinski definition) is 2. The molecule has 1 aliphatic rings. The minimum atomic E-state index is 0.484. The first-order chi connectivity index (χ1) is 9.35. The lowest BCUT2D eigenvalue weighted by Crippen LogP contribution is -2.28. The maximum absolute atomic E-state index is 5.37. The normalized spacial score (nSPS) is 18.8. The van der Waals surface area contributed by atoms with E-state index in [1.54, 1.807) is 7.11 Å². The van der Waals surface area contributed by atoms with Gasteiger partial charge in [-0.2, -0.15) is 0 Å². The van der Waals surface area contributed by atoms with E-state index in [2.05, 4.69) is 30.4 Å². The van der Waals surface area contributed by atoms with Crippen LogP contribution in [0.25, 0.3) is 0 Å². The van der Waals surface area contributed by atoms with Crippen LogP contribution in [0.5, 0.6) is 5.75 Å². The molecule has 0 radical (unpaired) electrons. The summed E-state index contributed by atoms with van der Waals surface area (Å²) >= 11 is 0. The van der Waals surface area contributed by atoms with Crippen molar-refractivity contribution in [2.24, 2.45) is 5.92 Å². The predicted molar refractivity (Wildman–Crippen MR) is 80.6 cm³/mol. The van der Waals surface area contributed by atoms with Crippen molar-refractivity contribution in [3.63, 3.8) is 0 Å². The van der Waals surface area contributed by atoms with Crippen molar-refractivity contribution < 1.29 is 4.74 Å². The molecule has 1 fully saturated rings. The first kappa shape index (κ1) is 14.4. The summed E-state index contributed by atoms with van der Waals surface area (Å²) in [5.74, 6) is 1.74. The monoisotopic (exact) mass is 261 g/mol. The zero-order valence-electron chi connectivity index (χ0n) is 12.3. The quantitative estimate of drug-likeness (QED) is 0.797. The summed E-state index contributed by atoms with van der Waals surface area (Å²) in [6.45, 7) is 3.22. The van der Waals surface area contributed by atoms with Crippen LogP contribution in [-0.2, 0) is 0 Å². The second-order valence-electron chi connectivity index (χ2n) is 5.56.